The van der Waals surface area contributed by atoms with Crippen LogP contribution in [0.15, 0.2) is 48.5 Å². The van der Waals surface area contributed by atoms with Crippen molar-refractivity contribution >= 4 is 11.8 Å². The molecule has 0 bridgehead atoms. The van der Waals surface area contributed by atoms with Gasteiger partial charge in [-0.3, -0.25) is 9.59 Å². The second kappa shape index (κ2) is 10.0. The second-order valence-electron chi connectivity index (χ2n) is 7.54. The normalized spacial score (nSPS) is 16.0. The monoisotopic (exact) mass is 379 g/mol. The summed E-state index contributed by atoms with van der Waals surface area (Å²) in [6, 6.07) is 15.5. The van der Waals surface area contributed by atoms with Gasteiger partial charge in [0.1, 0.15) is 0 Å². The topological polar surface area (TPSA) is 70.2 Å². The molecule has 148 valence electrons. The number of benzene rings is 2. The van der Waals surface area contributed by atoms with Crippen LogP contribution in [-0.2, 0) is 17.9 Å². The van der Waals surface area contributed by atoms with Crippen LogP contribution in [0.1, 0.15) is 46.3 Å². The summed E-state index contributed by atoms with van der Waals surface area (Å²) in [5, 5.41) is 9.23. The Balaban J connectivity index is 1.45. The zero-order chi connectivity index (χ0) is 19.8. The molecule has 1 unspecified atom stereocenters. The van der Waals surface area contributed by atoms with Gasteiger partial charge in [0, 0.05) is 25.1 Å². The number of carbonyl (C=O) groups is 2. The molecule has 0 saturated carbocycles. The number of carbonyl (C=O) groups excluding carboxylic acids is 2. The molecule has 1 aliphatic rings. The minimum Gasteiger partial charge on any atom is -0.352 e. The molecule has 1 fully saturated rings. The van der Waals surface area contributed by atoms with Gasteiger partial charge in [-0.1, -0.05) is 42.0 Å². The largest absolute Gasteiger partial charge is 0.352 e. The molecule has 1 aliphatic heterocycles. The molecule has 5 heteroatoms. The van der Waals surface area contributed by atoms with Crippen LogP contribution in [0.3, 0.4) is 0 Å². The SMILES string of the molecule is Cc1ccc(CNC(=O)c2cccc(CNC(=O)CCC3CCNC3)c2)cc1. The van der Waals surface area contributed by atoms with Crippen molar-refractivity contribution in [1.82, 2.24) is 16.0 Å². The van der Waals surface area contributed by atoms with Crippen LogP contribution in [0, 0.1) is 12.8 Å². The number of nitrogens with one attached hydrogen (secondary N) is 3. The fraction of sp³-hybridized carbons (Fsp3) is 0.391. The van der Waals surface area contributed by atoms with Crippen molar-refractivity contribution in [3.05, 3.63) is 70.8 Å². The number of amides is 2. The Morgan fingerprint density at radius 3 is 2.57 bits per heavy atom. The van der Waals surface area contributed by atoms with Gasteiger partial charge in [0.2, 0.25) is 5.91 Å². The zero-order valence-electron chi connectivity index (χ0n) is 16.5. The quantitative estimate of drug-likeness (QED) is 0.660. The Morgan fingerprint density at radius 1 is 1.04 bits per heavy atom. The van der Waals surface area contributed by atoms with Crippen LogP contribution in [0.5, 0.6) is 0 Å². The predicted octanol–water partition coefficient (Wildman–Crippen LogP) is 2.93. The first-order chi connectivity index (χ1) is 13.6. The van der Waals surface area contributed by atoms with E-state index >= 15 is 0 Å². The van der Waals surface area contributed by atoms with E-state index in [9.17, 15) is 9.59 Å². The van der Waals surface area contributed by atoms with Gasteiger partial charge >= 0.3 is 0 Å². The van der Waals surface area contributed by atoms with Crippen LogP contribution in [0.25, 0.3) is 0 Å². The van der Waals surface area contributed by atoms with E-state index in [0.29, 0.717) is 31.0 Å². The molecule has 0 aliphatic carbocycles. The van der Waals surface area contributed by atoms with Crippen molar-refractivity contribution in [2.45, 2.75) is 39.3 Å². The van der Waals surface area contributed by atoms with Gasteiger partial charge in [0.05, 0.1) is 0 Å². The molecular weight excluding hydrogens is 350 g/mol. The molecule has 5 nitrogen and oxygen atoms in total. The number of hydrogen-bond donors (Lipinski definition) is 3. The predicted molar refractivity (Wildman–Crippen MR) is 111 cm³/mol. The number of hydrogen-bond acceptors (Lipinski definition) is 3. The van der Waals surface area contributed by atoms with Crippen molar-refractivity contribution in [3.8, 4) is 0 Å². The lowest BCUT2D eigenvalue weighted by Gasteiger charge is -2.10. The minimum atomic E-state index is -0.109. The summed E-state index contributed by atoms with van der Waals surface area (Å²) in [6.07, 6.45) is 2.65. The summed E-state index contributed by atoms with van der Waals surface area (Å²) < 4.78 is 0. The van der Waals surface area contributed by atoms with Gasteiger partial charge in [-0.25, -0.2) is 0 Å². The first kappa shape index (κ1) is 20.1. The molecule has 1 saturated heterocycles. The third-order valence-corrected chi connectivity index (χ3v) is 5.19. The summed E-state index contributed by atoms with van der Waals surface area (Å²) in [5.41, 5.74) is 3.80. The van der Waals surface area contributed by atoms with E-state index in [4.69, 9.17) is 0 Å². The summed E-state index contributed by atoms with van der Waals surface area (Å²) in [7, 11) is 0. The highest BCUT2D eigenvalue weighted by Crippen LogP contribution is 2.14. The Kier molecular flexibility index (Phi) is 7.20. The first-order valence-electron chi connectivity index (χ1n) is 10.0. The van der Waals surface area contributed by atoms with Crippen molar-refractivity contribution < 1.29 is 9.59 Å². The smallest absolute Gasteiger partial charge is 0.251 e. The molecule has 2 aromatic carbocycles. The number of rotatable bonds is 8. The Morgan fingerprint density at radius 2 is 1.82 bits per heavy atom. The Bertz CT molecular complexity index is 796. The van der Waals surface area contributed by atoms with Gasteiger partial charge < -0.3 is 16.0 Å². The van der Waals surface area contributed by atoms with Crippen molar-refractivity contribution in [3.63, 3.8) is 0 Å². The molecule has 28 heavy (non-hydrogen) atoms. The van der Waals surface area contributed by atoms with Crippen molar-refractivity contribution in [2.75, 3.05) is 13.1 Å². The van der Waals surface area contributed by atoms with Crippen LogP contribution >= 0.6 is 0 Å². The van der Waals surface area contributed by atoms with Gasteiger partial charge in [0.25, 0.3) is 5.91 Å². The van der Waals surface area contributed by atoms with E-state index in [0.717, 1.165) is 37.1 Å². The molecule has 3 rings (SSSR count). The summed E-state index contributed by atoms with van der Waals surface area (Å²) >= 11 is 0. The molecule has 2 aromatic rings. The average Bonchev–Trinajstić information content (AvgIpc) is 3.24. The third-order valence-electron chi connectivity index (χ3n) is 5.19. The Hall–Kier alpha value is -2.66. The van der Waals surface area contributed by atoms with Gasteiger partial charge in [-0.2, -0.15) is 0 Å². The highest BCUT2D eigenvalue weighted by molar-refractivity contribution is 5.94. The Labute approximate surface area is 166 Å². The minimum absolute atomic E-state index is 0.0705. The third kappa shape index (κ3) is 6.20. The van der Waals surface area contributed by atoms with Crippen molar-refractivity contribution in [1.29, 1.82) is 0 Å². The fourth-order valence-corrected chi connectivity index (χ4v) is 3.40. The summed E-state index contributed by atoms with van der Waals surface area (Å²) in [5.74, 6) is 0.579. The van der Waals surface area contributed by atoms with E-state index < -0.39 is 0 Å². The first-order valence-corrected chi connectivity index (χ1v) is 10.0. The zero-order valence-corrected chi connectivity index (χ0v) is 16.5. The van der Waals surface area contributed by atoms with E-state index in [1.165, 1.54) is 5.56 Å². The lowest BCUT2D eigenvalue weighted by atomic mass is 10.0. The molecule has 0 aromatic heterocycles. The molecule has 2 amide bonds. The van der Waals surface area contributed by atoms with Crippen LogP contribution in [0.2, 0.25) is 0 Å². The van der Waals surface area contributed by atoms with Crippen LogP contribution in [-0.4, -0.2) is 24.9 Å². The van der Waals surface area contributed by atoms with E-state index in [2.05, 4.69) is 16.0 Å². The molecular formula is C23H29N3O2. The van der Waals surface area contributed by atoms with E-state index in [1.54, 1.807) is 6.07 Å². The maximum atomic E-state index is 12.4. The molecule has 0 spiro atoms. The fourth-order valence-electron chi connectivity index (χ4n) is 3.40. The average molecular weight is 380 g/mol. The lowest BCUT2D eigenvalue weighted by Crippen LogP contribution is -2.25. The second-order valence-corrected chi connectivity index (χ2v) is 7.54. The van der Waals surface area contributed by atoms with Crippen LogP contribution < -0.4 is 16.0 Å². The van der Waals surface area contributed by atoms with E-state index in [-0.39, 0.29) is 11.8 Å². The van der Waals surface area contributed by atoms with Crippen LogP contribution in [0.4, 0.5) is 0 Å². The highest BCUT2D eigenvalue weighted by atomic mass is 16.2. The number of aryl methyl sites for hydroxylation is 1. The molecule has 0 radical (unpaired) electrons. The maximum absolute atomic E-state index is 12.4. The van der Waals surface area contributed by atoms with Gasteiger partial charge in [0.15, 0.2) is 0 Å². The molecule has 1 heterocycles. The maximum Gasteiger partial charge on any atom is 0.251 e. The lowest BCUT2D eigenvalue weighted by molar-refractivity contribution is -0.121. The standard InChI is InChI=1S/C23H29N3O2/c1-17-5-7-18(8-6-17)15-26-23(28)21-4-2-3-20(13-21)16-25-22(27)10-9-19-11-12-24-14-19/h2-8,13,19,24H,9-12,14-16H2,1H3,(H,25,27)(H,26,28). The summed E-state index contributed by atoms with van der Waals surface area (Å²) in [6.45, 7) is 5.06. The van der Waals surface area contributed by atoms with Crippen molar-refractivity contribution in [2.24, 2.45) is 5.92 Å². The highest BCUT2D eigenvalue weighted by Gasteiger charge is 2.15. The molecule has 1 atom stereocenters. The summed E-state index contributed by atoms with van der Waals surface area (Å²) in [4.78, 5) is 24.5. The molecule has 3 N–H and O–H groups in total. The van der Waals surface area contributed by atoms with Gasteiger partial charge in [-0.05, 0) is 62.0 Å². The van der Waals surface area contributed by atoms with Gasteiger partial charge in [-0.15, -0.1) is 0 Å². The van der Waals surface area contributed by atoms with E-state index in [1.807, 2.05) is 49.4 Å².